The summed E-state index contributed by atoms with van der Waals surface area (Å²) in [7, 11) is 0. The maximum absolute atomic E-state index is 10.8. The van der Waals surface area contributed by atoms with Gasteiger partial charge in [-0.1, -0.05) is 34.1 Å². The molecule has 1 atom stereocenters. The van der Waals surface area contributed by atoms with Gasteiger partial charge in [-0.2, -0.15) is 0 Å². The van der Waals surface area contributed by atoms with Crippen molar-refractivity contribution in [3.8, 4) is 0 Å². The molecule has 0 heterocycles. The Morgan fingerprint density at radius 2 is 1.94 bits per heavy atom. The number of aryl methyl sites for hydroxylation is 1. The van der Waals surface area contributed by atoms with Crippen molar-refractivity contribution >= 4 is 27.9 Å². The van der Waals surface area contributed by atoms with E-state index in [0.29, 0.717) is 10.9 Å². The number of hydrogen-bond acceptors (Lipinski definition) is 3. The first-order chi connectivity index (χ1) is 8.45. The van der Waals surface area contributed by atoms with Gasteiger partial charge in [0.1, 0.15) is 0 Å². The van der Waals surface area contributed by atoms with Crippen LogP contribution < -0.4 is 0 Å². The maximum atomic E-state index is 10.8. The molecule has 0 saturated carbocycles. The third-order valence-electron chi connectivity index (χ3n) is 2.50. The van der Waals surface area contributed by atoms with Crippen LogP contribution in [0.4, 0.5) is 0 Å². The molecule has 0 amide bonds. The number of halogens is 1. The smallest absolute Gasteiger partial charge is 0.337 e. The molecule has 3 N–H and O–H groups in total. The van der Waals surface area contributed by atoms with E-state index < -0.39 is 18.0 Å². The van der Waals surface area contributed by atoms with Crippen molar-refractivity contribution < 1.29 is 24.9 Å². The molecule has 0 saturated heterocycles. The molecule has 0 fully saturated rings. The first-order valence-corrected chi connectivity index (χ1v) is 6.38. The largest absolute Gasteiger partial charge is 0.481 e. The maximum Gasteiger partial charge on any atom is 0.337 e. The van der Waals surface area contributed by atoms with E-state index in [1.165, 1.54) is 6.07 Å². The quantitative estimate of drug-likeness (QED) is 0.694. The number of carboxylic acids is 2. The number of aliphatic hydroxyl groups is 1. The second-order valence-corrected chi connectivity index (χ2v) is 4.36. The van der Waals surface area contributed by atoms with Crippen molar-refractivity contribution in [2.24, 2.45) is 0 Å². The number of carboxylic acid groups (broad SMARTS) is 2. The van der Waals surface area contributed by atoms with Crippen LogP contribution in [0.1, 0.15) is 29.2 Å². The highest BCUT2D eigenvalue weighted by Gasteiger charge is 2.19. The molecule has 0 radical (unpaired) electrons. The summed E-state index contributed by atoms with van der Waals surface area (Å²) in [6, 6.07) is 4.92. The Hall–Kier alpha value is -1.40. The average Bonchev–Trinajstić information content (AvgIpc) is 2.34. The van der Waals surface area contributed by atoms with Gasteiger partial charge in [0.2, 0.25) is 0 Å². The van der Waals surface area contributed by atoms with Crippen molar-refractivity contribution in [3.05, 3.63) is 34.9 Å². The summed E-state index contributed by atoms with van der Waals surface area (Å²) in [4.78, 5) is 21.3. The predicted octanol–water partition coefficient (Wildman–Crippen LogP) is 1.72. The third-order valence-corrected chi connectivity index (χ3v) is 3.15. The highest BCUT2D eigenvalue weighted by molar-refractivity contribution is 9.08. The van der Waals surface area contributed by atoms with E-state index in [0.717, 1.165) is 5.56 Å². The minimum Gasteiger partial charge on any atom is -0.481 e. The van der Waals surface area contributed by atoms with Crippen LogP contribution in [0.2, 0.25) is 0 Å². The molecule has 6 heteroatoms. The molecular formula is C12H13BrO5. The number of alkyl halides is 1. The molecule has 5 nitrogen and oxygen atoms in total. The second kappa shape index (κ2) is 6.51. The van der Waals surface area contributed by atoms with Gasteiger partial charge >= 0.3 is 11.9 Å². The lowest BCUT2D eigenvalue weighted by molar-refractivity contribution is -0.147. The summed E-state index contributed by atoms with van der Waals surface area (Å²) in [6.45, 7) is 0. The third kappa shape index (κ3) is 3.82. The topological polar surface area (TPSA) is 94.8 Å². The lowest BCUT2D eigenvalue weighted by Gasteiger charge is -2.13. The van der Waals surface area contributed by atoms with Gasteiger partial charge < -0.3 is 15.3 Å². The normalized spacial score (nSPS) is 12.1. The SMILES string of the molecule is O=C(O)CCc1cc(CBr)ccc1C(O)C(=O)O. The van der Waals surface area contributed by atoms with Crippen molar-refractivity contribution in [1.82, 2.24) is 0 Å². The first-order valence-electron chi connectivity index (χ1n) is 5.26. The number of hydrogen-bond donors (Lipinski definition) is 3. The van der Waals surface area contributed by atoms with E-state index in [2.05, 4.69) is 15.9 Å². The van der Waals surface area contributed by atoms with Gasteiger partial charge in [0.25, 0.3) is 0 Å². The Labute approximate surface area is 112 Å². The van der Waals surface area contributed by atoms with Crippen LogP contribution in [0.25, 0.3) is 0 Å². The van der Waals surface area contributed by atoms with Crippen LogP contribution in [-0.2, 0) is 21.3 Å². The van der Waals surface area contributed by atoms with Gasteiger partial charge in [0.05, 0.1) is 0 Å². The lowest BCUT2D eigenvalue weighted by Crippen LogP contribution is -2.13. The molecule has 0 spiro atoms. The van der Waals surface area contributed by atoms with Gasteiger partial charge in [-0.3, -0.25) is 4.79 Å². The van der Waals surface area contributed by atoms with Crippen LogP contribution in [-0.4, -0.2) is 27.3 Å². The van der Waals surface area contributed by atoms with E-state index in [1.807, 2.05) is 0 Å². The molecular weight excluding hydrogens is 304 g/mol. The van der Waals surface area contributed by atoms with E-state index in [9.17, 15) is 14.7 Å². The second-order valence-electron chi connectivity index (χ2n) is 3.80. The number of aliphatic hydroxyl groups excluding tert-OH is 1. The van der Waals surface area contributed by atoms with Gasteiger partial charge in [-0.05, 0) is 23.1 Å². The monoisotopic (exact) mass is 316 g/mol. The summed E-state index contributed by atoms with van der Waals surface area (Å²) < 4.78 is 0. The highest BCUT2D eigenvalue weighted by Crippen LogP contribution is 2.22. The Morgan fingerprint density at radius 3 is 2.44 bits per heavy atom. The molecule has 1 aromatic carbocycles. The van der Waals surface area contributed by atoms with Gasteiger partial charge in [0.15, 0.2) is 6.10 Å². The number of aliphatic carboxylic acids is 2. The minimum atomic E-state index is -1.63. The lowest BCUT2D eigenvalue weighted by atomic mass is 9.96. The predicted molar refractivity (Wildman–Crippen MR) is 67.6 cm³/mol. The molecule has 0 aliphatic heterocycles. The molecule has 0 bridgehead atoms. The van der Waals surface area contributed by atoms with Crippen LogP contribution in [0.3, 0.4) is 0 Å². The fourth-order valence-electron chi connectivity index (χ4n) is 1.60. The van der Waals surface area contributed by atoms with Crippen LogP contribution >= 0.6 is 15.9 Å². The van der Waals surface area contributed by atoms with Crippen molar-refractivity contribution in [2.75, 3.05) is 0 Å². The Morgan fingerprint density at radius 1 is 1.28 bits per heavy atom. The minimum absolute atomic E-state index is 0.106. The molecule has 18 heavy (non-hydrogen) atoms. The molecule has 0 aromatic heterocycles. The summed E-state index contributed by atoms with van der Waals surface area (Å²) in [5, 5.41) is 27.6. The summed E-state index contributed by atoms with van der Waals surface area (Å²) in [5.41, 5.74) is 1.69. The zero-order chi connectivity index (χ0) is 13.7. The van der Waals surface area contributed by atoms with Crippen molar-refractivity contribution in [1.29, 1.82) is 0 Å². The Balaban J connectivity index is 3.07. The number of carbonyl (C=O) groups is 2. The first kappa shape index (κ1) is 14.7. The van der Waals surface area contributed by atoms with E-state index in [1.54, 1.807) is 12.1 Å². The molecule has 1 unspecified atom stereocenters. The summed E-state index contributed by atoms with van der Waals surface area (Å²) in [5.74, 6) is -2.31. The molecule has 98 valence electrons. The summed E-state index contributed by atoms with van der Waals surface area (Å²) >= 11 is 3.27. The standard InChI is InChI=1S/C12H13BrO5/c13-6-7-1-3-9(11(16)12(17)18)8(5-7)2-4-10(14)15/h1,3,5,11,16H,2,4,6H2,(H,14,15)(H,17,18). The zero-order valence-electron chi connectivity index (χ0n) is 9.47. The molecule has 1 rings (SSSR count). The Kier molecular flexibility index (Phi) is 5.30. The number of rotatable bonds is 6. The van der Waals surface area contributed by atoms with E-state index >= 15 is 0 Å². The van der Waals surface area contributed by atoms with Gasteiger partial charge in [-0.25, -0.2) is 4.79 Å². The average molecular weight is 317 g/mol. The van der Waals surface area contributed by atoms with Gasteiger partial charge in [-0.15, -0.1) is 0 Å². The van der Waals surface area contributed by atoms with Gasteiger partial charge in [0, 0.05) is 11.8 Å². The molecule has 0 aliphatic carbocycles. The van der Waals surface area contributed by atoms with Crippen LogP contribution in [0.15, 0.2) is 18.2 Å². The zero-order valence-corrected chi connectivity index (χ0v) is 11.1. The van der Waals surface area contributed by atoms with Crippen LogP contribution in [0, 0.1) is 0 Å². The fraction of sp³-hybridized carbons (Fsp3) is 0.333. The molecule has 1 aromatic rings. The van der Waals surface area contributed by atoms with Crippen LogP contribution in [0.5, 0.6) is 0 Å². The fourth-order valence-corrected chi connectivity index (χ4v) is 1.95. The highest BCUT2D eigenvalue weighted by atomic mass is 79.9. The van der Waals surface area contributed by atoms with E-state index in [4.69, 9.17) is 10.2 Å². The summed E-state index contributed by atoms with van der Waals surface area (Å²) in [6.07, 6.45) is -1.54. The molecule has 0 aliphatic rings. The van der Waals surface area contributed by atoms with E-state index in [-0.39, 0.29) is 18.4 Å². The number of benzene rings is 1. The Bertz CT molecular complexity index is 458. The van der Waals surface area contributed by atoms with Crippen molar-refractivity contribution in [3.63, 3.8) is 0 Å². The van der Waals surface area contributed by atoms with Crippen molar-refractivity contribution in [2.45, 2.75) is 24.3 Å².